The molecule has 1 unspecified atom stereocenters. The van der Waals surface area contributed by atoms with Crippen molar-refractivity contribution in [1.82, 2.24) is 10.6 Å². The zero-order chi connectivity index (χ0) is 15.1. The zero-order valence-corrected chi connectivity index (χ0v) is 12.5. The average molecular weight is 277 g/mol. The lowest BCUT2D eigenvalue weighted by Crippen LogP contribution is -2.45. The average Bonchev–Trinajstić information content (AvgIpc) is 2.44. The minimum Gasteiger partial charge on any atom is -0.387 e. The second-order valence-electron chi connectivity index (χ2n) is 5.13. The molecular weight excluding hydrogens is 254 g/mol. The van der Waals surface area contributed by atoms with E-state index in [0.29, 0.717) is 18.0 Å². The first-order valence-corrected chi connectivity index (χ1v) is 6.81. The molecule has 1 aromatic rings. The molecule has 0 bridgehead atoms. The van der Waals surface area contributed by atoms with Crippen LogP contribution in [0.1, 0.15) is 31.1 Å². The Kier molecular flexibility index (Phi) is 6.03. The minimum atomic E-state index is -0.564. The van der Waals surface area contributed by atoms with Gasteiger partial charge in [-0.1, -0.05) is 26.0 Å². The Morgan fingerprint density at radius 1 is 1.15 bits per heavy atom. The lowest BCUT2D eigenvalue weighted by Gasteiger charge is -2.16. The summed E-state index contributed by atoms with van der Waals surface area (Å²) in [6.45, 7) is 6.32. The summed E-state index contributed by atoms with van der Waals surface area (Å²) in [5.41, 5.74) is 1.26. The predicted octanol–water partition coefficient (Wildman–Crippen LogP) is 1.62. The van der Waals surface area contributed by atoms with E-state index >= 15 is 0 Å². The molecule has 20 heavy (non-hydrogen) atoms. The van der Waals surface area contributed by atoms with Gasteiger partial charge in [0, 0.05) is 19.3 Å². The van der Waals surface area contributed by atoms with Gasteiger partial charge in [0.15, 0.2) is 0 Å². The Labute approximate surface area is 120 Å². The maximum absolute atomic E-state index is 12.1. The highest BCUT2D eigenvalue weighted by molar-refractivity contribution is 6.01. The molecule has 0 aliphatic carbocycles. The molecule has 0 spiro atoms. The van der Waals surface area contributed by atoms with Crippen molar-refractivity contribution in [3.8, 4) is 0 Å². The van der Waals surface area contributed by atoms with Gasteiger partial charge in [-0.2, -0.15) is 0 Å². The summed E-state index contributed by atoms with van der Waals surface area (Å²) in [6, 6.07) is 6.62. The molecule has 3 N–H and O–H groups in total. The molecule has 5 nitrogen and oxygen atoms in total. The van der Waals surface area contributed by atoms with Crippen molar-refractivity contribution in [2.75, 3.05) is 18.9 Å². The summed E-state index contributed by atoms with van der Waals surface area (Å²) in [5, 5.41) is 8.46. The summed E-state index contributed by atoms with van der Waals surface area (Å²) in [7, 11) is 1.75. The maximum Gasteiger partial charge on any atom is 0.254 e. The number of carbonyl (C=O) groups excluding carboxylic acids is 2. The van der Waals surface area contributed by atoms with Crippen LogP contribution in [-0.4, -0.2) is 31.4 Å². The molecule has 0 fully saturated rings. The van der Waals surface area contributed by atoms with E-state index in [2.05, 4.69) is 16.0 Å². The number of benzene rings is 1. The Hall–Kier alpha value is -2.04. The van der Waals surface area contributed by atoms with Gasteiger partial charge in [0.25, 0.3) is 5.91 Å². The molecule has 110 valence electrons. The number of para-hydroxylation sites is 1. The smallest absolute Gasteiger partial charge is 0.254 e. The zero-order valence-electron chi connectivity index (χ0n) is 12.5. The number of anilines is 1. The Morgan fingerprint density at radius 3 is 2.40 bits per heavy atom. The molecule has 1 aromatic carbocycles. The standard InChI is InChI=1S/C15H23N3O2/c1-10(2)9-17-14(19)11(3)18-15(20)12-7-5-6-8-13(12)16-4/h5-8,10-11,16H,9H2,1-4H3,(H,17,19)(H,18,20). The highest BCUT2D eigenvalue weighted by Gasteiger charge is 2.18. The summed E-state index contributed by atoms with van der Waals surface area (Å²) in [4.78, 5) is 24.0. The first-order chi connectivity index (χ1) is 9.45. The van der Waals surface area contributed by atoms with Gasteiger partial charge in [-0.25, -0.2) is 0 Å². The van der Waals surface area contributed by atoms with Crippen molar-refractivity contribution in [3.05, 3.63) is 29.8 Å². The van der Waals surface area contributed by atoms with Crippen LogP contribution in [-0.2, 0) is 4.79 Å². The van der Waals surface area contributed by atoms with Crippen LogP contribution < -0.4 is 16.0 Å². The molecule has 0 saturated heterocycles. The Morgan fingerprint density at radius 2 is 1.80 bits per heavy atom. The van der Waals surface area contributed by atoms with E-state index in [1.807, 2.05) is 26.0 Å². The first-order valence-electron chi connectivity index (χ1n) is 6.81. The van der Waals surface area contributed by atoms with Gasteiger partial charge in [0.2, 0.25) is 5.91 Å². The van der Waals surface area contributed by atoms with Gasteiger partial charge in [-0.15, -0.1) is 0 Å². The Balaban J connectivity index is 2.63. The molecule has 0 saturated carbocycles. The van der Waals surface area contributed by atoms with Crippen molar-refractivity contribution in [3.63, 3.8) is 0 Å². The van der Waals surface area contributed by atoms with Gasteiger partial charge in [0.1, 0.15) is 6.04 Å². The van der Waals surface area contributed by atoms with Gasteiger partial charge in [0.05, 0.1) is 5.56 Å². The van der Waals surface area contributed by atoms with Crippen LogP contribution in [0.3, 0.4) is 0 Å². The van der Waals surface area contributed by atoms with Gasteiger partial charge >= 0.3 is 0 Å². The Bertz CT molecular complexity index is 472. The maximum atomic E-state index is 12.1. The van der Waals surface area contributed by atoms with Crippen LogP contribution in [0, 0.1) is 5.92 Å². The van der Waals surface area contributed by atoms with Crippen LogP contribution in [0.25, 0.3) is 0 Å². The van der Waals surface area contributed by atoms with Crippen molar-refractivity contribution in [2.45, 2.75) is 26.8 Å². The fourth-order valence-electron chi connectivity index (χ4n) is 1.70. The van der Waals surface area contributed by atoms with E-state index in [-0.39, 0.29) is 11.8 Å². The number of hydrogen-bond donors (Lipinski definition) is 3. The van der Waals surface area contributed by atoms with E-state index in [0.717, 1.165) is 5.69 Å². The highest BCUT2D eigenvalue weighted by Crippen LogP contribution is 2.13. The van der Waals surface area contributed by atoms with Gasteiger partial charge in [-0.05, 0) is 25.0 Å². The van der Waals surface area contributed by atoms with E-state index in [1.165, 1.54) is 0 Å². The van der Waals surface area contributed by atoms with Crippen molar-refractivity contribution >= 4 is 17.5 Å². The lowest BCUT2D eigenvalue weighted by molar-refractivity contribution is -0.122. The molecule has 0 aromatic heterocycles. The molecule has 0 radical (unpaired) electrons. The number of nitrogens with one attached hydrogen (secondary N) is 3. The second kappa shape index (κ2) is 7.53. The SMILES string of the molecule is CNc1ccccc1C(=O)NC(C)C(=O)NCC(C)C. The third kappa shape index (κ3) is 4.57. The molecule has 0 heterocycles. The predicted molar refractivity (Wildman–Crippen MR) is 80.8 cm³/mol. The minimum absolute atomic E-state index is 0.172. The third-order valence-electron chi connectivity index (χ3n) is 2.87. The molecule has 0 aliphatic heterocycles. The fraction of sp³-hybridized carbons (Fsp3) is 0.467. The quantitative estimate of drug-likeness (QED) is 0.740. The monoisotopic (exact) mass is 277 g/mol. The second-order valence-corrected chi connectivity index (χ2v) is 5.13. The number of carbonyl (C=O) groups is 2. The number of amides is 2. The normalized spacial score (nSPS) is 11.8. The third-order valence-corrected chi connectivity index (χ3v) is 2.87. The van der Waals surface area contributed by atoms with Crippen LogP contribution in [0.2, 0.25) is 0 Å². The molecule has 1 rings (SSSR count). The summed E-state index contributed by atoms with van der Waals surface area (Å²) in [5.74, 6) is -0.0528. The van der Waals surface area contributed by atoms with Gasteiger partial charge in [-0.3, -0.25) is 9.59 Å². The van der Waals surface area contributed by atoms with Crippen molar-refractivity contribution in [2.24, 2.45) is 5.92 Å². The van der Waals surface area contributed by atoms with Crippen molar-refractivity contribution < 1.29 is 9.59 Å². The van der Waals surface area contributed by atoms with E-state index in [1.54, 1.807) is 26.1 Å². The topological polar surface area (TPSA) is 70.2 Å². The largest absolute Gasteiger partial charge is 0.387 e. The molecule has 1 atom stereocenters. The van der Waals surface area contributed by atoms with Crippen LogP contribution in [0.4, 0.5) is 5.69 Å². The van der Waals surface area contributed by atoms with Crippen molar-refractivity contribution in [1.29, 1.82) is 0 Å². The number of rotatable bonds is 6. The fourth-order valence-corrected chi connectivity index (χ4v) is 1.70. The first kappa shape index (κ1) is 16.0. The lowest BCUT2D eigenvalue weighted by atomic mass is 10.1. The van der Waals surface area contributed by atoms with E-state index < -0.39 is 6.04 Å². The number of hydrogen-bond acceptors (Lipinski definition) is 3. The van der Waals surface area contributed by atoms with Crippen LogP contribution in [0.5, 0.6) is 0 Å². The van der Waals surface area contributed by atoms with Crippen LogP contribution >= 0.6 is 0 Å². The van der Waals surface area contributed by atoms with Crippen LogP contribution in [0.15, 0.2) is 24.3 Å². The summed E-state index contributed by atoms with van der Waals surface area (Å²) >= 11 is 0. The molecule has 0 aliphatic rings. The molecular formula is C15H23N3O2. The summed E-state index contributed by atoms with van der Waals surface area (Å²) in [6.07, 6.45) is 0. The van der Waals surface area contributed by atoms with E-state index in [9.17, 15) is 9.59 Å². The van der Waals surface area contributed by atoms with Gasteiger partial charge < -0.3 is 16.0 Å². The molecule has 2 amide bonds. The molecule has 5 heteroatoms. The summed E-state index contributed by atoms with van der Waals surface area (Å²) < 4.78 is 0. The highest BCUT2D eigenvalue weighted by atomic mass is 16.2. The van der Waals surface area contributed by atoms with E-state index in [4.69, 9.17) is 0 Å².